The number of benzene rings is 1. The Balaban J connectivity index is 1.84. The highest BCUT2D eigenvalue weighted by Gasteiger charge is 2.44. The predicted molar refractivity (Wildman–Crippen MR) is 75.5 cm³/mol. The van der Waals surface area contributed by atoms with E-state index in [4.69, 9.17) is 19.3 Å². The van der Waals surface area contributed by atoms with E-state index in [0.717, 1.165) is 0 Å². The third kappa shape index (κ3) is 2.86. The number of fused-ring (bicyclic) bond motifs is 1. The first kappa shape index (κ1) is 16.0. The molecule has 126 valence electrons. The van der Waals surface area contributed by atoms with Gasteiger partial charge in [0.15, 0.2) is 5.78 Å². The van der Waals surface area contributed by atoms with Crippen molar-refractivity contribution in [1.29, 1.82) is 0 Å². The molecule has 0 aliphatic carbocycles. The van der Waals surface area contributed by atoms with Gasteiger partial charge in [-0.3, -0.25) is 4.79 Å². The maximum atomic E-state index is 11.9. The fourth-order valence-electron chi connectivity index (χ4n) is 2.74. The molecule has 8 heteroatoms. The van der Waals surface area contributed by atoms with Crippen LogP contribution in [0.25, 0.3) is 0 Å². The minimum Gasteiger partial charge on any atom is -0.507 e. The van der Waals surface area contributed by atoms with Gasteiger partial charge in [0.25, 0.3) is 0 Å². The molecule has 2 heterocycles. The number of aliphatic hydroxyl groups is 3. The Bertz CT molecular complexity index is 616. The number of rotatable bonds is 3. The molecule has 1 saturated heterocycles. The summed E-state index contributed by atoms with van der Waals surface area (Å²) in [4.78, 5) is 11.9. The molecular weight excluding hydrogens is 308 g/mol. The number of phenols is 1. The molecule has 2 aliphatic rings. The molecule has 2 aliphatic heterocycles. The van der Waals surface area contributed by atoms with Crippen molar-refractivity contribution in [3.8, 4) is 17.2 Å². The van der Waals surface area contributed by atoms with Crippen molar-refractivity contribution in [1.82, 2.24) is 0 Å². The van der Waals surface area contributed by atoms with Gasteiger partial charge in [-0.15, -0.1) is 0 Å². The maximum absolute atomic E-state index is 11.9. The summed E-state index contributed by atoms with van der Waals surface area (Å²) < 4.78 is 16.1. The molecule has 0 spiro atoms. The molecule has 1 aromatic carbocycles. The van der Waals surface area contributed by atoms with Crippen molar-refractivity contribution < 1.29 is 39.4 Å². The largest absolute Gasteiger partial charge is 0.507 e. The van der Waals surface area contributed by atoms with Crippen LogP contribution in [-0.2, 0) is 4.74 Å². The molecule has 1 fully saturated rings. The van der Waals surface area contributed by atoms with Crippen LogP contribution in [0, 0.1) is 0 Å². The van der Waals surface area contributed by atoms with E-state index in [0.29, 0.717) is 0 Å². The number of phenolic OH excluding ortho intramolecular Hbond substituents is 1. The molecule has 3 rings (SSSR count). The second-order valence-corrected chi connectivity index (χ2v) is 5.70. The van der Waals surface area contributed by atoms with E-state index in [9.17, 15) is 20.1 Å². The summed E-state index contributed by atoms with van der Waals surface area (Å²) in [5.41, 5.74) is 0.0941. The number of ketones is 1. The van der Waals surface area contributed by atoms with Crippen LogP contribution in [0.3, 0.4) is 0 Å². The van der Waals surface area contributed by atoms with Gasteiger partial charge >= 0.3 is 0 Å². The van der Waals surface area contributed by atoms with Crippen LogP contribution < -0.4 is 9.47 Å². The van der Waals surface area contributed by atoms with Crippen molar-refractivity contribution in [3.63, 3.8) is 0 Å². The van der Waals surface area contributed by atoms with Gasteiger partial charge in [-0.2, -0.15) is 0 Å². The number of Topliss-reactive ketones (excluding diaryl/α,β-unsaturated/α-hetero) is 1. The number of aromatic hydroxyl groups is 1. The van der Waals surface area contributed by atoms with E-state index >= 15 is 0 Å². The van der Waals surface area contributed by atoms with E-state index in [1.807, 2.05) is 0 Å². The van der Waals surface area contributed by atoms with Crippen LogP contribution in [-0.4, -0.2) is 63.5 Å². The molecular formula is C15H18O8. The van der Waals surface area contributed by atoms with Gasteiger partial charge in [0.2, 0.25) is 6.29 Å². The normalized spacial score (nSPS) is 33.2. The summed E-state index contributed by atoms with van der Waals surface area (Å²) in [5.74, 6) is -0.217. The first-order valence-electron chi connectivity index (χ1n) is 7.26. The minimum absolute atomic E-state index is 0.0941. The fraction of sp³-hybridized carbons (Fsp3) is 0.533. The van der Waals surface area contributed by atoms with Crippen LogP contribution >= 0.6 is 0 Å². The third-order valence-corrected chi connectivity index (χ3v) is 3.89. The topological polar surface area (TPSA) is 126 Å². The fourth-order valence-corrected chi connectivity index (χ4v) is 2.74. The monoisotopic (exact) mass is 326 g/mol. The lowest BCUT2D eigenvalue weighted by Gasteiger charge is -2.24. The summed E-state index contributed by atoms with van der Waals surface area (Å²) >= 11 is 0. The highest BCUT2D eigenvalue weighted by atomic mass is 16.7. The molecule has 1 aromatic rings. The lowest BCUT2D eigenvalue weighted by atomic mass is 10.00. The maximum Gasteiger partial charge on any atom is 0.229 e. The highest BCUT2D eigenvalue weighted by molar-refractivity contribution is 6.02. The summed E-state index contributed by atoms with van der Waals surface area (Å²) in [6.45, 7) is 1.26. The van der Waals surface area contributed by atoms with Crippen LogP contribution in [0.4, 0.5) is 0 Å². The number of aliphatic hydroxyl groups excluding tert-OH is 3. The molecule has 8 nitrogen and oxygen atoms in total. The van der Waals surface area contributed by atoms with Crippen LogP contribution in [0.1, 0.15) is 23.7 Å². The zero-order valence-electron chi connectivity index (χ0n) is 12.4. The Kier molecular flexibility index (Phi) is 4.15. The highest BCUT2D eigenvalue weighted by Crippen LogP contribution is 2.39. The van der Waals surface area contributed by atoms with Gasteiger partial charge in [-0.05, 0) is 6.92 Å². The quantitative estimate of drug-likeness (QED) is 0.589. The summed E-state index contributed by atoms with van der Waals surface area (Å²) in [7, 11) is 0. The van der Waals surface area contributed by atoms with Crippen molar-refractivity contribution in [2.75, 3.05) is 6.61 Å². The smallest absolute Gasteiger partial charge is 0.229 e. The van der Waals surface area contributed by atoms with Crippen LogP contribution in [0.5, 0.6) is 17.2 Å². The SMILES string of the molecule is C[C@H]1CC(=O)c2c(O)cc(O[C@H]3O[C@H](CO)[C@@H](O)[C@H]3O)cc2O1. The van der Waals surface area contributed by atoms with Gasteiger partial charge in [-0.1, -0.05) is 0 Å². The van der Waals surface area contributed by atoms with E-state index < -0.39 is 31.2 Å². The van der Waals surface area contributed by atoms with E-state index in [1.165, 1.54) is 12.1 Å². The number of carbonyl (C=O) groups excluding carboxylic acids is 1. The molecule has 23 heavy (non-hydrogen) atoms. The zero-order valence-corrected chi connectivity index (χ0v) is 12.4. The van der Waals surface area contributed by atoms with Gasteiger partial charge in [0, 0.05) is 18.6 Å². The van der Waals surface area contributed by atoms with Gasteiger partial charge < -0.3 is 34.6 Å². The Labute approximate surface area is 131 Å². The van der Waals surface area contributed by atoms with Crippen molar-refractivity contribution in [2.24, 2.45) is 0 Å². The van der Waals surface area contributed by atoms with Gasteiger partial charge in [0.1, 0.15) is 47.2 Å². The predicted octanol–water partition coefficient (Wildman–Crippen LogP) is -0.436. The molecule has 0 radical (unpaired) electrons. The number of ether oxygens (including phenoxy) is 3. The van der Waals surface area contributed by atoms with Crippen molar-refractivity contribution in [3.05, 3.63) is 17.7 Å². The molecule has 0 bridgehead atoms. The number of carbonyl (C=O) groups is 1. The standard InChI is InChI=1S/C15H18O8/c1-6-2-8(17)12-9(18)3-7(4-10(12)21-6)22-15-14(20)13(19)11(5-16)23-15/h3-4,6,11,13-16,18-20H,2,5H2,1H3/t6-,11+,13+,14+,15-/m0/s1. The second-order valence-electron chi connectivity index (χ2n) is 5.70. The van der Waals surface area contributed by atoms with E-state index in [-0.39, 0.29) is 41.1 Å². The van der Waals surface area contributed by atoms with Crippen LogP contribution in [0.2, 0.25) is 0 Å². The van der Waals surface area contributed by atoms with Crippen molar-refractivity contribution >= 4 is 5.78 Å². The third-order valence-electron chi connectivity index (χ3n) is 3.89. The second kappa shape index (κ2) is 5.97. The Morgan fingerprint density at radius 1 is 1.30 bits per heavy atom. The Morgan fingerprint density at radius 3 is 2.70 bits per heavy atom. The first-order chi connectivity index (χ1) is 10.9. The average Bonchev–Trinajstić information content (AvgIpc) is 2.74. The van der Waals surface area contributed by atoms with E-state index in [1.54, 1.807) is 6.92 Å². The lowest BCUT2D eigenvalue weighted by molar-refractivity contribution is -0.116. The summed E-state index contributed by atoms with van der Waals surface area (Å²) in [6.07, 6.45) is -4.95. The number of hydrogen-bond acceptors (Lipinski definition) is 8. The lowest BCUT2D eigenvalue weighted by Crippen LogP contribution is -2.35. The van der Waals surface area contributed by atoms with Gasteiger partial charge in [0.05, 0.1) is 6.61 Å². The van der Waals surface area contributed by atoms with E-state index in [2.05, 4.69) is 0 Å². The molecule has 5 atom stereocenters. The first-order valence-corrected chi connectivity index (χ1v) is 7.26. The molecule has 0 aromatic heterocycles. The molecule has 0 unspecified atom stereocenters. The Hall–Kier alpha value is -1.87. The van der Waals surface area contributed by atoms with Crippen molar-refractivity contribution in [2.45, 2.75) is 44.1 Å². The molecule has 0 saturated carbocycles. The Morgan fingerprint density at radius 2 is 2.04 bits per heavy atom. The summed E-state index contributed by atoms with van der Waals surface area (Å²) in [6, 6.07) is 2.63. The minimum atomic E-state index is -1.35. The molecule has 0 amide bonds. The zero-order chi connectivity index (χ0) is 16.7. The van der Waals surface area contributed by atoms with Crippen LogP contribution in [0.15, 0.2) is 12.1 Å². The molecule has 4 N–H and O–H groups in total. The van der Waals surface area contributed by atoms with Gasteiger partial charge in [-0.25, -0.2) is 0 Å². The summed E-state index contributed by atoms with van der Waals surface area (Å²) in [5, 5.41) is 38.6. The average molecular weight is 326 g/mol. The number of hydrogen-bond donors (Lipinski definition) is 4.